The fraction of sp³-hybridized carbons (Fsp3) is 0.471. The lowest BCUT2D eigenvalue weighted by Crippen LogP contribution is -2.49. The summed E-state index contributed by atoms with van der Waals surface area (Å²) in [5.41, 5.74) is 0.639. The van der Waals surface area contributed by atoms with E-state index in [-0.39, 0.29) is 23.5 Å². The number of fused-ring (bicyclic) bond motifs is 1. The van der Waals surface area contributed by atoms with E-state index in [9.17, 15) is 4.79 Å². The number of Topliss-reactive ketones (excluding diaryl/α,β-unsaturated/α-hetero) is 1. The molecule has 0 amide bonds. The van der Waals surface area contributed by atoms with Gasteiger partial charge in [-0.1, -0.05) is 12.1 Å². The molecule has 5 rings (SSSR count). The second kappa shape index (κ2) is 4.96. The Morgan fingerprint density at radius 3 is 2.64 bits per heavy atom. The zero-order valence-electron chi connectivity index (χ0n) is 12.5. The van der Waals surface area contributed by atoms with Gasteiger partial charge in [0, 0.05) is 11.8 Å². The van der Waals surface area contributed by atoms with E-state index in [0.717, 1.165) is 12.0 Å². The van der Waals surface area contributed by atoms with E-state index >= 15 is 0 Å². The summed E-state index contributed by atoms with van der Waals surface area (Å²) in [5, 5.41) is 0. The van der Waals surface area contributed by atoms with Crippen LogP contribution in [0, 0.1) is 11.8 Å². The first-order chi connectivity index (χ1) is 10.6. The molecule has 3 aliphatic carbocycles. The summed E-state index contributed by atoms with van der Waals surface area (Å²) >= 11 is 2.36. The number of hydrogen-bond acceptors (Lipinski definition) is 4. The predicted molar refractivity (Wildman–Crippen MR) is 89.7 cm³/mol. The van der Waals surface area contributed by atoms with Gasteiger partial charge in [-0.15, -0.1) is 0 Å². The monoisotopic (exact) mass is 412 g/mol. The van der Waals surface area contributed by atoms with E-state index < -0.39 is 5.60 Å². The normalized spacial score (nSPS) is 35.5. The standard InChI is InChI=1S/C17H17IO4/c1-20-14-4-3-9(5-15(14)21-2)10-6-12-13(18)7-11(10)16(19)17(12)8-22-17/h3-5,7,10-12H,6,8H2,1-2H3/t10?,11?,12?,17-/m0/s1. The van der Waals surface area contributed by atoms with Crippen molar-refractivity contribution in [2.24, 2.45) is 11.8 Å². The lowest BCUT2D eigenvalue weighted by molar-refractivity contribution is -0.132. The Bertz CT molecular complexity index is 677. The van der Waals surface area contributed by atoms with Gasteiger partial charge in [0.15, 0.2) is 22.9 Å². The molecule has 116 valence electrons. The second-order valence-corrected chi connectivity index (χ2v) is 7.37. The average molecular weight is 412 g/mol. The molecule has 1 saturated heterocycles. The van der Waals surface area contributed by atoms with Crippen molar-refractivity contribution in [1.82, 2.24) is 0 Å². The number of halogens is 1. The summed E-state index contributed by atoms with van der Waals surface area (Å²) in [4.78, 5) is 12.7. The third-order valence-corrected chi connectivity index (χ3v) is 6.28. The van der Waals surface area contributed by atoms with Crippen LogP contribution in [0.1, 0.15) is 17.9 Å². The molecule has 4 atom stereocenters. The molecule has 1 saturated carbocycles. The van der Waals surface area contributed by atoms with Crippen molar-refractivity contribution >= 4 is 28.4 Å². The molecule has 22 heavy (non-hydrogen) atoms. The number of epoxide rings is 1. The minimum absolute atomic E-state index is 0.0856. The first-order valence-electron chi connectivity index (χ1n) is 7.38. The number of benzene rings is 1. The Kier molecular flexibility index (Phi) is 3.27. The van der Waals surface area contributed by atoms with Gasteiger partial charge in [0.1, 0.15) is 0 Å². The van der Waals surface area contributed by atoms with Crippen LogP contribution in [-0.4, -0.2) is 32.2 Å². The van der Waals surface area contributed by atoms with Crippen LogP contribution < -0.4 is 9.47 Å². The smallest absolute Gasteiger partial charge is 0.175 e. The fourth-order valence-corrected chi connectivity index (χ4v) is 5.04. The van der Waals surface area contributed by atoms with Crippen molar-refractivity contribution in [3.05, 3.63) is 33.4 Å². The summed E-state index contributed by atoms with van der Waals surface area (Å²) in [7, 11) is 3.26. The SMILES string of the molecule is COc1ccc(C2CC3C(I)=CC2C(=O)[C@]32CO2)cc1OC. The molecule has 4 aliphatic rings. The first kappa shape index (κ1) is 14.5. The number of rotatable bonds is 3. The molecule has 0 N–H and O–H groups in total. The molecule has 1 aromatic carbocycles. The molecule has 4 nitrogen and oxygen atoms in total. The molecule has 3 unspecified atom stereocenters. The molecule has 0 radical (unpaired) electrons. The van der Waals surface area contributed by atoms with Crippen LogP contribution in [-0.2, 0) is 9.53 Å². The minimum atomic E-state index is -0.497. The van der Waals surface area contributed by atoms with Gasteiger partial charge >= 0.3 is 0 Å². The van der Waals surface area contributed by atoms with E-state index in [0.29, 0.717) is 18.1 Å². The molecule has 1 heterocycles. The third-order valence-electron chi connectivity index (χ3n) is 5.17. The van der Waals surface area contributed by atoms with Crippen LogP contribution in [0.4, 0.5) is 0 Å². The Morgan fingerprint density at radius 2 is 2.00 bits per heavy atom. The van der Waals surface area contributed by atoms with Crippen LogP contribution in [0.3, 0.4) is 0 Å². The maximum Gasteiger partial charge on any atom is 0.175 e. The molecule has 1 aliphatic heterocycles. The van der Waals surface area contributed by atoms with Gasteiger partial charge in [-0.2, -0.15) is 0 Å². The van der Waals surface area contributed by atoms with Crippen molar-refractivity contribution in [2.45, 2.75) is 17.9 Å². The molecule has 2 fully saturated rings. The van der Waals surface area contributed by atoms with E-state index in [1.165, 1.54) is 3.58 Å². The Morgan fingerprint density at radius 1 is 1.27 bits per heavy atom. The van der Waals surface area contributed by atoms with Gasteiger partial charge in [0.2, 0.25) is 0 Å². The van der Waals surface area contributed by atoms with Crippen LogP contribution in [0.25, 0.3) is 0 Å². The highest BCUT2D eigenvalue weighted by atomic mass is 127. The van der Waals surface area contributed by atoms with Gasteiger partial charge in [-0.25, -0.2) is 0 Å². The van der Waals surface area contributed by atoms with Crippen molar-refractivity contribution in [2.75, 3.05) is 20.8 Å². The molecular formula is C17H17IO4. The molecule has 0 aromatic heterocycles. The van der Waals surface area contributed by atoms with Gasteiger partial charge < -0.3 is 14.2 Å². The zero-order valence-corrected chi connectivity index (χ0v) is 14.6. The summed E-state index contributed by atoms with van der Waals surface area (Å²) in [5.74, 6) is 2.01. The topological polar surface area (TPSA) is 48.1 Å². The predicted octanol–water partition coefficient (Wildman–Crippen LogP) is 3.09. The van der Waals surface area contributed by atoms with Crippen molar-refractivity contribution in [1.29, 1.82) is 0 Å². The number of methoxy groups -OCH3 is 2. The highest BCUT2D eigenvalue weighted by Crippen LogP contribution is 2.59. The van der Waals surface area contributed by atoms with Gasteiger partial charge in [-0.3, -0.25) is 4.79 Å². The number of carbonyl (C=O) groups is 1. The summed E-state index contributed by atoms with van der Waals surface area (Å²) in [6.07, 6.45) is 3.09. The van der Waals surface area contributed by atoms with Gasteiger partial charge in [0.25, 0.3) is 0 Å². The summed E-state index contributed by atoms with van der Waals surface area (Å²) in [6.45, 7) is 0.589. The largest absolute Gasteiger partial charge is 0.493 e. The van der Waals surface area contributed by atoms with E-state index in [2.05, 4.69) is 28.7 Å². The zero-order chi connectivity index (χ0) is 15.5. The van der Waals surface area contributed by atoms with Crippen LogP contribution in [0.5, 0.6) is 11.5 Å². The second-order valence-electron chi connectivity index (χ2n) is 6.13. The third kappa shape index (κ3) is 1.88. The molecule has 1 spiro atoms. The van der Waals surface area contributed by atoms with Crippen molar-refractivity contribution < 1.29 is 19.0 Å². The number of ether oxygens (including phenoxy) is 3. The van der Waals surface area contributed by atoms with Crippen LogP contribution in [0.15, 0.2) is 27.9 Å². The Hall–Kier alpha value is -1.08. The van der Waals surface area contributed by atoms with Crippen LogP contribution >= 0.6 is 22.6 Å². The number of allylic oxidation sites excluding steroid dienone is 1. The first-order valence-corrected chi connectivity index (χ1v) is 8.46. The average Bonchev–Trinajstić information content (AvgIpc) is 3.33. The number of hydrogen-bond donors (Lipinski definition) is 0. The highest BCUT2D eigenvalue weighted by molar-refractivity contribution is 14.1. The Balaban J connectivity index is 1.72. The van der Waals surface area contributed by atoms with E-state index in [4.69, 9.17) is 14.2 Å². The van der Waals surface area contributed by atoms with Crippen molar-refractivity contribution in [3.63, 3.8) is 0 Å². The maximum atomic E-state index is 12.7. The highest BCUT2D eigenvalue weighted by Gasteiger charge is 2.66. The quantitative estimate of drug-likeness (QED) is 0.566. The van der Waals surface area contributed by atoms with Crippen LogP contribution in [0.2, 0.25) is 0 Å². The number of ketones is 1. The summed E-state index contributed by atoms with van der Waals surface area (Å²) < 4.78 is 17.5. The Labute approximate surface area is 143 Å². The van der Waals surface area contributed by atoms with E-state index in [1.807, 2.05) is 18.2 Å². The molecule has 1 aromatic rings. The lowest BCUT2D eigenvalue weighted by Gasteiger charge is -2.43. The van der Waals surface area contributed by atoms with Gasteiger partial charge in [0.05, 0.1) is 20.8 Å². The minimum Gasteiger partial charge on any atom is -0.493 e. The molecule has 5 heteroatoms. The lowest BCUT2D eigenvalue weighted by atomic mass is 9.61. The maximum absolute atomic E-state index is 12.7. The van der Waals surface area contributed by atoms with E-state index in [1.54, 1.807) is 14.2 Å². The molecule has 2 bridgehead atoms. The van der Waals surface area contributed by atoms with Crippen molar-refractivity contribution in [3.8, 4) is 11.5 Å². The fourth-order valence-electron chi connectivity index (χ4n) is 3.89. The number of carbonyl (C=O) groups excluding carboxylic acids is 1. The molecular weight excluding hydrogens is 395 g/mol. The summed E-state index contributed by atoms with van der Waals surface area (Å²) in [6, 6.07) is 5.96. The van der Waals surface area contributed by atoms with Gasteiger partial charge in [-0.05, 0) is 56.2 Å².